The maximum absolute atomic E-state index is 16.0. The topological polar surface area (TPSA) is 105 Å². The molecule has 14 bridgehead atoms. The van der Waals surface area contributed by atoms with Crippen LogP contribution in [0, 0.1) is 57.7 Å². The van der Waals surface area contributed by atoms with Crippen molar-refractivity contribution in [2.45, 2.75) is 135 Å². The van der Waals surface area contributed by atoms with E-state index >= 15 is 4.79 Å². The molecule has 1 aromatic carbocycles. The van der Waals surface area contributed by atoms with Crippen LogP contribution in [-0.2, 0) is 26.3 Å². The number of nitrogens with two attached hydrogens (primary N) is 1. The van der Waals surface area contributed by atoms with Crippen molar-refractivity contribution in [3.8, 4) is 0 Å². The lowest BCUT2D eigenvalue weighted by Crippen LogP contribution is -2.78. The molecule has 0 radical (unpaired) electrons. The van der Waals surface area contributed by atoms with Gasteiger partial charge in [-0.1, -0.05) is 68.2 Å². The molecule has 0 amide bonds. The minimum Gasteiger partial charge on any atom is -0.509 e. The van der Waals surface area contributed by atoms with Gasteiger partial charge < -0.3 is 25.2 Å². The zero-order valence-corrected chi connectivity index (χ0v) is 35.5. The monoisotopic (exact) mass is 797 g/mol. The third kappa shape index (κ3) is 4.00. The van der Waals surface area contributed by atoms with E-state index in [1.807, 2.05) is 0 Å². The molecule has 9 aliphatic heterocycles. The van der Waals surface area contributed by atoms with Crippen molar-refractivity contribution in [3.05, 3.63) is 80.5 Å². The van der Waals surface area contributed by atoms with Crippen LogP contribution in [0.15, 0.2) is 63.8 Å². The fourth-order valence-electron chi connectivity index (χ4n) is 18.1. The fraction of sp³-hybridized carbons (Fsp3) is 0.686. The first kappa shape index (κ1) is 36.3. The molecule has 6 aliphatic carbocycles. The Kier molecular flexibility index (Phi) is 7.36. The summed E-state index contributed by atoms with van der Waals surface area (Å²) in [7, 11) is 0. The predicted octanol–water partition coefficient (Wildman–Crippen LogP) is 8.63. The molecular formula is C51H63N3O5. The van der Waals surface area contributed by atoms with E-state index in [-0.39, 0.29) is 46.9 Å². The van der Waals surface area contributed by atoms with Crippen molar-refractivity contribution in [1.82, 2.24) is 9.80 Å². The van der Waals surface area contributed by atoms with Crippen molar-refractivity contribution in [1.29, 1.82) is 0 Å². The lowest BCUT2D eigenvalue weighted by atomic mass is 9.26. The van der Waals surface area contributed by atoms with Gasteiger partial charge in [-0.2, -0.15) is 0 Å². The molecule has 0 aromatic heterocycles. The Bertz CT molecular complexity index is 2250. The predicted molar refractivity (Wildman–Crippen MR) is 223 cm³/mol. The molecule has 1 aromatic rings. The highest BCUT2D eigenvalue weighted by molar-refractivity contribution is 6.00. The molecule has 15 aliphatic rings. The van der Waals surface area contributed by atoms with Gasteiger partial charge in [0, 0.05) is 67.2 Å². The molecule has 5 fully saturated rings. The number of rotatable bonds is 5. The maximum Gasteiger partial charge on any atom is 0.339 e. The normalized spacial score (nSPS) is 46.6. The third-order valence-corrected chi connectivity index (χ3v) is 19.8. The average Bonchev–Trinajstić information content (AvgIpc) is 3.68. The Labute approximate surface area is 349 Å². The van der Waals surface area contributed by atoms with Crippen LogP contribution < -0.4 is 5.73 Å². The van der Waals surface area contributed by atoms with Crippen molar-refractivity contribution in [2.24, 2.45) is 63.4 Å². The summed E-state index contributed by atoms with van der Waals surface area (Å²) < 4.78 is 14.1. The van der Waals surface area contributed by atoms with Crippen LogP contribution in [0.1, 0.15) is 132 Å². The maximum atomic E-state index is 16.0. The zero-order chi connectivity index (χ0) is 40.0. The van der Waals surface area contributed by atoms with Crippen molar-refractivity contribution in [3.63, 3.8) is 0 Å². The number of fused-ring (bicyclic) bond motifs is 3. The van der Waals surface area contributed by atoms with Crippen LogP contribution in [0.2, 0.25) is 0 Å². The van der Waals surface area contributed by atoms with Gasteiger partial charge in [-0.3, -0.25) is 9.69 Å². The number of aliphatic hydroxyl groups excluding tert-OH is 1. The minimum atomic E-state index is -1.12. The van der Waals surface area contributed by atoms with Gasteiger partial charge >= 0.3 is 11.9 Å². The SMILES string of the molecule is CCCC1CC(O)=C2OC(=O)C34C5=C6CCC23C2(OC(=O)c3c(CCCN)cccc32)C4CC(C)C=C2CCC3(CC25)C(C)CC2=C(C63)N3CC4CC(CN1C4)C3CC2. The Hall–Kier alpha value is -3.36. The number of nitrogens with zero attached hydrogens (tertiary/aromatic N) is 2. The van der Waals surface area contributed by atoms with E-state index in [1.54, 1.807) is 16.8 Å². The van der Waals surface area contributed by atoms with Crippen LogP contribution in [-0.4, -0.2) is 65.1 Å². The molecule has 8 heteroatoms. The van der Waals surface area contributed by atoms with E-state index in [4.69, 9.17) is 15.2 Å². The highest BCUT2D eigenvalue weighted by atomic mass is 16.6. The highest BCUT2D eigenvalue weighted by Crippen LogP contribution is 2.89. The van der Waals surface area contributed by atoms with Gasteiger partial charge in [-0.15, -0.1) is 0 Å². The second-order valence-corrected chi connectivity index (χ2v) is 21.9. The number of benzene rings is 1. The molecule has 4 spiro atoms. The third-order valence-electron chi connectivity index (χ3n) is 19.8. The largest absolute Gasteiger partial charge is 0.509 e. The van der Waals surface area contributed by atoms with Gasteiger partial charge in [0.15, 0.2) is 11.4 Å². The molecule has 59 heavy (non-hydrogen) atoms. The highest BCUT2D eigenvalue weighted by Gasteiger charge is 2.94. The van der Waals surface area contributed by atoms with Crippen molar-refractivity contribution >= 4 is 11.9 Å². The van der Waals surface area contributed by atoms with E-state index in [0.29, 0.717) is 66.8 Å². The molecule has 14 unspecified atom stereocenters. The number of piperidine rings is 2. The van der Waals surface area contributed by atoms with Crippen molar-refractivity contribution < 1.29 is 24.2 Å². The van der Waals surface area contributed by atoms with Crippen LogP contribution in [0.4, 0.5) is 0 Å². The molecular weight excluding hydrogens is 735 g/mol. The van der Waals surface area contributed by atoms with Gasteiger partial charge in [0.1, 0.15) is 11.2 Å². The molecule has 8 nitrogen and oxygen atoms in total. The molecule has 3 N–H and O–H groups in total. The lowest BCUT2D eigenvalue weighted by molar-refractivity contribution is -0.282. The number of hydrogen-bond donors (Lipinski definition) is 2. The number of allylic oxidation sites excluding steroid dienone is 4. The Balaban J connectivity index is 1.14. The summed E-state index contributed by atoms with van der Waals surface area (Å²) in [4.78, 5) is 36.5. The average molecular weight is 798 g/mol. The molecule has 3 saturated heterocycles. The lowest BCUT2D eigenvalue weighted by Gasteiger charge is -2.74. The molecule has 312 valence electrons. The number of aliphatic hydroxyl groups is 1. The standard InChI is InChI=1S/C51H63N3O5/c1-4-7-34-22-39(55)45-49-16-14-35-42-36-23-48(28(3)20-32-11-12-38-33-21-29(24-53(34)26-33)25-54(38)44(32)43(35)48)15-13-31(36)18-27(2)19-40(50(42,49)47(57)58-45)51(49)37-10-5-8-30(9-6-17-52)41(37)46(56)59-51/h5,8,10,18,27-29,33-34,36,38,40,43,55H,4,6-7,9,11-17,19-26,52H2,1-3H3. The van der Waals surface area contributed by atoms with E-state index in [2.05, 4.69) is 54.8 Å². The number of esters is 2. The van der Waals surface area contributed by atoms with Crippen LogP contribution in [0.25, 0.3) is 0 Å². The summed E-state index contributed by atoms with van der Waals surface area (Å²) in [5.74, 6) is 2.37. The number of ether oxygens (including phenoxy) is 2. The fourth-order valence-corrected chi connectivity index (χ4v) is 18.1. The first-order chi connectivity index (χ1) is 28.6. The van der Waals surface area contributed by atoms with Crippen LogP contribution >= 0.6 is 0 Å². The Morgan fingerprint density at radius 3 is 2.76 bits per heavy atom. The zero-order valence-electron chi connectivity index (χ0n) is 35.5. The quantitative estimate of drug-likeness (QED) is 0.226. The number of carbonyl (C=O) groups excluding carboxylic acids is 2. The van der Waals surface area contributed by atoms with Gasteiger partial charge in [-0.05, 0) is 130 Å². The van der Waals surface area contributed by atoms with Crippen molar-refractivity contribution in [2.75, 3.05) is 26.2 Å². The summed E-state index contributed by atoms with van der Waals surface area (Å²) >= 11 is 0. The summed E-state index contributed by atoms with van der Waals surface area (Å²) in [5.41, 5.74) is 13.4. The van der Waals surface area contributed by atoms with E-state index in [1.165, 1.54) is 43.3 Å². The summed E-state index contributed by atoms with van der Waals surface area (Å²) in [6, 6.07) is 7.00. The Morgan fingerprint density at radius 2 is 1.92 bits per heavy atom. The molecule has 9 heterocycles. The summed E-state index contributed by atoms with van der Waals surface area (Å²) in [6.07, 6.45) is 17.1. The first-order valence-corrected chi connectivity index (χ1v) is 24.0. The van der Waals surface area contributed by atoms with Crippen LogP contribution in [0.3, 0.4) is 0 Å². The smallest absolute Gasteiger partial charge is 0.339 e. The second kappa shape index (κ2) is 12.0. The van der Waals surface area contributed by atoms with E-state index in [0.717, 1.165) is 75.7 Å². The summed E-state index contributed by atoms with van der Waals surface area (Å²) in [6.45, 7) is 11.0. The second-order valence-electron chi connectivity index (χ2n) is 21.9. The van der Waals surface area contributed by atoms with Gasteiger partial charge in [0.25, 0.3) is 0 Å². The van der Waals surface area contributed by atoms with Gasteiger partial charge in [0.05, 0.1) is 11.0 Å². The van der Waals surface area contributed by atoms with Crippen LogP contribution in [0.5, 0.6) is 0 Å². The van der Waals surface area contributed by atoms with E-state index in [9.17, 15) is 9.90 Å². The number of aryl methyl sites for hydroxylation is 1. The minimum absolute atomic E-state index is 0.148. The first-order valence-electron chi connectivity index (χ1n) is 24.0. The van der Waals surface area contributed by atoms with Gasteiger partial charge in [-0.25, -0.2) is 4.79 Å². The number of carbonyl (C=O) groups is 2. The Morgan fingerprint density at radius 1 is 1.03 bits per heavy atom. The molecule has 14 atom stereocenters. The van der Waals surface area contributed by atoms with Gasteiger partial charge in [0.2, 0.25) is 0 Å². The molecule has 16 rings (SSSR count). The number of hydrogen-bond acceptors (Lipinski definition) is 8. The van der Waals surface area contributed by atoms with E-state index < -0.39 is 16.4 Å². The molecule has 2 saturated carbocycles. The summed E-state index contributed by atoms with van der Waals surface area (Å²) in [5, 5.41) is 13.0.